The zero-order valence-electron chi connectivity index (χ0n) is 41.8. The van der Waals surface area contributed by atoms with Crippen molar-refractivity contribution in [3.8, 4) is 22.6 Å². The highest BCUT2D eigenvalue weighted by molar-refractivity contribution is 6.34. The molecule has 398 valence electrons. The molecule has 3 aliphatic heterocycles. The molecule has 2 saturated carbocycles. The van der Waals surface area contributed by atoms with Crippen molar-refractivity contribution in [1.82, 2.24) is 30.6 Å². The number of aromatic nitrogens is 2. The molecule has 6 N–H and O–H groups in total. The van der Waals surface area contributed by atoms with E-state index in [2.05, 4.69) is 21.0 Å². The van der Waals surface area contributed by atoms with E-state index in [9.17, 15) is 24.3 Å². The van der Waals surface area contributed by atoms with Gasteiger partial charge in [0, 0.05) is 97.9 Å². The van der Waals surface area contributed by atoms with E-state index < -0.39 is 64.3 Å². The summed E-state index contributed by atoms with van der Waals surface area (Å²) in [5.41, 5.74) is 5.31. The van der Waals surface area contributed by atoms with Crippen LogP contribution in [0.1, 0.15) is 116 Å². The van der Waals surface area contributed by atoms with Gasteiger partial charge in [-0.1, -0.05) is 48.9 Å². The maximum atomic E-state index is 16.5. The normalized spacial score (nSPS) is 24.3. The summed E-state index contributed by atoms with van der Waals surface area (Å²) in [7, 11) is 1.56. The summed E-state index contributed by atoms with van der Waals surface area (Å²) in [6.45, 7) is 2.86. The molecule has 2 saturated heterocycles. The number of aryl methyl sites for hydroxylation is 1. The molecule has 20 heteroatoms. The average Bonchev–Trinajstić information content (AvgIpc) is 3.88. The quantitative estimate of drug-likeness (QED) is 0.0677. The van der Waals surface area contributed by atoms with E-state index in [-0.39, 0.29) is 112 Å². The summed E-state index contributed by atoms with van der Waals surface area (Å²) in [4.78, 5) is 54.2. The topological polar surface area (TPSA) is 193 Å². The van der Waals surface area contributed by atoms with Gasteiger partial charge >= 0.3 is 6.03 Å². The van der Waals surface area contributed by atoms with Crippen molar-refractivity contribution in [2.24, 2.45) is 18.7 Å². The summed E-state index contributed by atoms with van der Waals surface area (Å²) in [6, 6.07) is 14.1. The predicted molar refractivity (Wildman–Crippen MR) is 273 cm³/mol. The van der Waals surface area contributed by atoms with Crippen molar-refractivity contribution in [3.63, 3.8) is 0 Å². The number of hydrogen-bond acceptors (Lipinski definition) is 10. The number of anilines is 1. The Balaban J connectivity index is 0.739. The number of urea groups is 1. The molecule has 5 aromatic rings. The molecule has 0 unspecified atom stereocenters. The Bertz CT molecular complexity index is 3030. The number of fused-ring (bicyclic) bond motifs is 2. The maximum absolute atomic E-state index is 16.5. The number of piperidine rings is 1. The maximum Gasteiger partial charge on any atom is 0.329 e. The molecule has 1 aromatic heterocycles. The number of carbonyl (C=O) groups excluding carboxylic acids is 4. The van der Waals surface area contributed by atoms with Crippen LogP contribution in [0, 0.1) is 29.2 Å². The number of imide groups is 1. The Morgan fingerprint density at radius 2 is 1.57 bits per heavy atom. The molecular weight excluding hydrogens is 996 g/mol. The second kappa shape index (κ2) is 21.4. The van der Waals surface area contributed by atoms with Crippen LogP contribution in [-0.2, 0) is 22.2 Å². The van der Waals surface area contributed by atoms with Gasteiger partial charge in [-0.25, -0.2) is 22.4 Å². The number of nitrogens with zero attached hydrogens (tertiary/aromatic N) is 4. The number of ether oxygens (including phenoxy) is 2. The molecule has 0 bridgehead atoms. The smallest absolute Gasteiger partial charge is 0.329 e. The molecule has 5 aliphatic rings. The number of nitrogens with two attached hydrogens (primary N) is 1. The number of aliphatic hydroxyl groups is 1. The van der Waals surface area contributed by atoms with Gasteiger partial charge in [0.1, 0.15) is 29.5 Å². The first kappa shape index (κ1) is 52.2. The summed E-state index contributed by atoms with van der Waals surface area (Å²) < 4.78 is 78.0. The molecule has 0 radical (unpaired) electrons. The van der Waals surface area contributed by atoms with Gasteiger partial charge in [0.05, 0.1) is 22.6 Å². The standard InChI is InChI=1S/C55H61ClF4N8O7/c1-29-43-41(27-39(58)47(56)46(43)45-36(51(61)71)16-17-40(48(45)59)74-25-24-69)75-55(29,32-6-4-3-5-7-32)28-62-33-12-10-31(11-13-33)53(72)67-21-18-35(19-22-67)63-34-14-8-30(9-15-34)44-38(57)26-37-50(49(44)60)66(2)65-52(37)68-23-20-42(70)64-54(68)73/h3-7,16-17,26-27,29-31,33-35,62-63,69H,8-15,18-25,28H2,1-2H3,(H2,61,71)(H,64,70,73)/t29-,30?,31?,33?,34?,55-/m0/s1. The highest BCUT2D eigenvalue weighted by Crippen LogP contribution is 2.57. The van der Waals surface area contributed by atoms with Crippen LogP contribution in [-0.4, -0.2) is 101 Å². The fourth-order valence-corrected chi connectivity index (χ4v) is 12.7. The van der Waals surface area contributed by atoms with Crippen molar-refractivity contribution in [2.75, 3.05) is 44.3 Å². The summed E-state index contributed by atoms with van der Waals surface area (Å²) in [5, 5.41) is 23.2. The number of carbonyl (C=O) groups is 4. The van der Waals surface area contributed by atoms with Gasteiger partial charge in [-0.3, -0.25) is 29.3 Å². The van der Waals surface area contributed by atoms with Crippen molar-refractivity contribution < 1.29 is 51.3 Å². The molecular formula is C55H61ClF4N8O7. The van der Waals surface area contributed by atoms with Crippen molar-refractivity contribution in [3.05, 3.63) is 105 Å². The molecule has 0 spiro atoms. The van der Waals surface area contributed by atoms with E-state index >= 15 is 17.6 Å². The lowest BCUT2D eigenvalue weighted by atomic mass is 9.77. The Hall–Kier alpha value is -6.28. The van der Waals surface area contributed by atoms with Crippen molar-refractivity contribution >= 4 is 52.1 Å². The number of rotatable bonds is 14. The van der Waals surface area contributed by atoms with E-state index in [0.29, 0.717) is 44.3 Å². The minimum atomic E-state index is -1.13. The van der Waals surface area contributed by atoms with Gasteiger partial charge in [-0.2, -0.15) is 5.10 Å². The number of amides is 5. The molecule has 2 atom stereocenters. The van der Waals surface area contributed by atoms with Gasteiger partial charge in [0.15, 0.2) is 28.8 Å². The summed E-state index contributed by atoms with van der Waals surface area (Å²) in [5.74, 6) is -5.49. The number of likely N-dealkylation sites (tertiary alicyclic amines) is 1. The number of primary amides is 1. The second-order valence-corrected chi connectivity index (χ2v) is 21.1. The third-order valence-corrected chi connectivity index (χ3v) is 16.7. The molecule has 4 heterocycles. The van der Waals surface area contributed by atoms with E-state index in [1.165, 1.54) is 33.8 Å². The highest BCUT2D eigenvalue weighted by atomic mass is 35.5. The van der Waals surface area contributed by atoms with Gasteiger partial charge in [-0.15, -0.1) is 0 Å². The minimum Gasteiger partial charge on any atom is -0.488 e. The Kier molecular flexibility index (Phi) is 14.9. The van der Waals surface area contributed by atoms with Gasteiger partial charge < -0.3 is 35.8 Å². The van der Waals surface area contributed by atoms with E-state index in [0.717, 1.165) is 44.1 Å². The summed E-state index contributed by atoms with van der Waals surface area (Å²) in [6.07, 6.45) is 7.16. The number of hydrogen-bond donors (Lipinski definition) is 5. The zero-order chi connectivity index (χ0) is 52.9. The van der Waals surface area contributed by atoms with Crippen molar-refractivity contribution in [1.29, 1.82) is 0 Å². The molecule has 75 heavy (non-hydrogen) atoms. The molecule has 15 nitrogen and oxygen atoms in total. The lowest BCUT2D eigenvalue weighted by Crippen LogP contribution is -2.51. The van der Waals surface area contributed by atoms with Crippen LogP contribution in [0.5, 0.6) is 11.5 Å². The monoisotopic (exact) mass is 1060 g/mol. The van der Waals surface area contributed by atoms with Crippen molar-refractivity contribution in [2.45, 2.75) is 113 Å². The first-order chi connectivity index (χ1) is 36.1. The van der Waals surface area contributed by atoms with Crippen LogP contribution in [0.25, 0.3) is 22.0 Å². The molecule has 4 aromatic carbocycles. The number of halogens is 5. The van der Waals surface area contributed by atoms with Crippen LogP contribution >= 0.6 is 11.6 Å². The molecule has 5 amide bonds. The predicted octanol–water partition coefficient (Wildman–Crippen LogP) is 8.21. The largest absolute Gasteiger partial charge is 0.488 e. The first-order valence-corrected chi connectivity index (χ1v) is 26.3. The van der Waals surface area contributed by atoms with Gasteiger partial charge in [0.25, 0.3) is 0 Å². The SMILES string of the molecule is C[C@H]1c2c(cc(F)c(Cl)c2-c2c(C(N)=O)ccc(OCCO)c2F)O[C@]1(CNC1CCC(C(=O)N2CCC(NC3CCC(c4c(F)cc5c(N6CCC(=O)NC6=O)nn(C)c5c4F)CC3)CC2)CC1)c1ccccc1. The highest BCUT2D eigenvalue weighted by Gasteiger charge is 2.50. The minimum absolute atomic E-state index is 0.0281. The molecule has 4 fully saturated rings. The van der Waals surface area contributed by atoms with E-state index in [1.807, 2.05) is 42.2 Å². The van der Waals surface area contributed by atoms with Crippen LogP contribution in [0.3, 0.4) is 0 Å². The molecule has 2 aliphatic carbocycles. The van der Waals surface area contributed by atoms with Crippen LogP contribution in [0.4, 0.5) is 28.2 Å². The van der Waals surface area contributed by atoms with Gasteiger partial charge in [0.2, 0.25) is 17.7 Å². The third-order valence-electron chi connectivity index (χ3n) is 16.4. The second-order valence-electron chi connectivity index (χ2n) is 20.7. The first-order valence-electron chi connectivity index (χ1n) is 25.9. The van der Waals surface area contributed by atoms with Crippen LogP contribution in [0.15, 0.2) is 54.6 Å². The van der Waals surface area contributed by atoms with Crippen LogP contribution < -0.4 is 36.1 Å². The van der Waals surface area contributed by atoms with Gasteiger partial charge in [-0.05, 0) is 93.9 Å². The lowest BCUT2D eigenvalue weighted by Gasteiger charge is -2.39. The fraction of sp³-hybridized carbons (Fsp3) is 0.473. The van der Waals surface area contributed by atoms with Crippen LogP contribution in [0.2, 0.25) is 5.02 Å². The Labute approximate surface area is 436 Å². The number of nitrogens with one attached hydrogen (secondary N) is 3. The van der Waals surface area contributed by atoms with E-state index in [4.69, 9.17) is 26.8 Å². The Morgan fingerprint density at radius 3 is 2.25 bits per heavy atom. The van der Waals surface area contributed by atoms with E-state index in [1.54, 1.807) is 7.05 Å². The number of benzene rings is 4. The fourth-order valence-electron chi connectivity index (χ4n) is 12.4. The average molecular weight is 1060 g/mol. The summed E-state index contributed by atoms with van der Waals surface area (Å²) >= 11 is 6.71. The zero-order valence-corrected chi connectivity index (χ0v) is 42.6. The Morgan fingerprint density at radius 1 is 0.880 bits per heavy atom. The lowest BCUT2D eigenvalue weighted by molar-refractivity contribution is -0.138. The number of aliphatic hydroxyl groups excluding tert-OH is 1. The molecule has 10 rings (SSSR count). The third kappa shape index (κ3) is 9.80.